The first-order chi connectivity index (χ1) is 15.4. The third-order valence-corrected chi connectivity index (χ3v) is 6.29. The van der Waals surface area contributed by atoms with Crippen LogP contribution in [0.25, 0.3) is 0 Å². The number of carbonyl (C=O) groups excluding carboxylic acids is 1. The molecule has 1 amide bonds. The number of halogens is 3. The summed E-state index contributed by atoms with van der Waals surface area (Å²) in [5.41, 5.74) is -0.733. The van der Waals surface area contributed by atoms with E-state index >= 15 is 0 Å². The van der Waals surface area contributed by atoms with E-state index in [1.54, 1.807) is 6.20 Å². The fourth-order valence-corrected chi connectivity index (χ4v) is 4.46. The van der Waals surface area contributed by atoms with Gasteiger partial charge in [-0.2, -0.15) is 13.2 Å². The highest BCUT2D eigenvalue weighted by Crippen LogP contribution is 2.30. The first-order valence-corrected chi connectivity index (χ1v) is 11.1. The minimum Gasteiger partial charge on any atom is -0.356 e. The van der Waals surface area contributed by atoms with Crippen molar-refractivity contribution in [3.8, 4) is 0 Å². The maximum Gasteiger partial charge on any atom is 0.417 e. The molecule has 0 saturated carbocycles. The Kier molecular flexibility index (Phi) is 6.81. The molecule has 4 heterocycles. The minimum absolute atomic E-state index is 0.176. The lowest BCUT2D eigenvalue weighted by Gasteiger charge is -2.36. The number of alkyl halides is 3. The van der Waals surface area contributed by atoms with Crippen LogP contribution >= 0.6 is 0 Å². The van der Waals surface area contributed by atoms with Gasteiger partial charge in [-0.05, 0) is 49.4 Å². The number of hydrogen-bond acceptors (Lipinski definition) is 5. The molecule has 1 unspecified atom stereocenters. The molecule has 6 nitrogen and oxygen atoms in total. The summed E-state index contributed by atoms with van der Waals surface area (Å²) < 4.78 is 38.3. The molecule has 32 heavy (non-hydrogen) atoms. The number of rotatable bonds is 5. The lowest BCUT2D eigenvalue weighted by molar-refractivity contribution is -0.137. The summed E-state index contributed by atoms with van der Waals surface area (Å²) in [6, 6.07) is 8.37. The van der Waals surface area contributed by atoms with Crippen LogP contribution in [0, 0.1) is 5.92 Å². The predicted octanol–water partition coefficient (Wildman–Crippen LogP) is 3.84. The standard InChI is InChI=1S/C23H28F3N5O/c24-23(25,26)19-7-8-21(28-16-19)31-11-3-4-18(17-31)6-9-22(32)30-14-12-29(13-15-30)20-5-1-2-10-27-20/h1-2,5,7-8,10,16,18H,3-4,6,9,11-15,17H2. The molecule has 2 aromatic rings. The molecule has 4 rings (SSSR count). The SMILES string of the molecule is O=C(CCC1CCCN(c2ccc(C(F)(F)F)cn2)C1)N1CCN(c2ccccn2)CC1. The monoisotopic (exact) mass is 447 g/mol. The Labute approximate surface area is 186 Å². The summed E-state index contributed by atoms with van der Waals surface area (Å²) in [4.78, 5) is 27.3. The van der Waals surface area contributed by atoms with Gasteiger partial charge in [0.1, 0.15) is 11.6 Å². The Morgan fingerprint density at radius 2 is 1.75 bits per heavy atom. The van der Waals surface area contributed by atoms with Crippen molar-refractivity contribution in [1.29, 1.82) is 0 Å². The lowest BCUT2D eigenvalue weighted by Crippen LogP contribution is -2.49. The number of hydrogen-bond donors (Lipinski definition) is 0. The smallest absolute Gasteiger partial charge is 0.356 e. The number of pyridine rings is 2. The van der Waals surface area contributed by atoms with Gasteiger partial charge < -0.3 is 14.7 Å². The van der Waals surface area contributed by atoms with Crippen LogP contribution in [0.3, 0.4) is 0 Å². The molecular formula is C23H28F3N5O. The van der Waals surface area contributed by atoms with Gasteiger partial charge in [-0.25, -0.2) is 9.97 Å². The van der Waals surface area contributed by atoms with Crippen LogP contribution in [0.1, 0.15) is 31.2 Å². The number of piperidine rings is 1. The zero-order valence-electron chi connectivity index (χ0n) is 18.0. The second-order valence-electron chi connectivity index (χ2n) is 8.45. The van der Waals surface area contributed by atoms with Crippen LogP contribution < -0.4 is 9.80 Å². The maximum absolute atomic E-state index is 12.8. The molecule has 0 aromatic carbocycles. The zero-order valence-corrected chi connectivity index (χ0v) is 18.0. The van der Waals surface area contributed by atoms with Crippen molar-refractivity contribution in [2.75, 3.05) is 49.1 Å². The summed E-state index contributed by atoms with van der Waals surface area (Å²) in [7, 11) is 0. The highest BCUT2D eigenvalue weighted by molar-refractivity contribution is 5.76. The van der Waals surface area contributed by atoms with E-state index in [1.807, 2.05) is 28.0 Å². The van der Waals surface area contributed by atoms with Gasteiger partial charge in [0.15, 0.2) is 0 Å². The van der Waals surface area contributed by atoms with Crippen molar-refractivity contribution in [3.05, 3.63) is 48.3 Å². The van der Waals surface area contributed by atoms with Gasteiger partial charge in [-0.3, -0.25) is 4.79 Å². The van der Waals surface area contributed by atoms with E-state index in [2.05, 4.69) is 14.9 Å². The van der Waals surface area contributed by atoms with E-state index in [-0.39, 0.29) is 5.91 Å². The van der Waals surface area contributed by atoms with E-state index in [0.717, 1.165) is 63.5 Å². The fraction of sp³-hybridized carbons (Fsp3) is 0.522. The molecule has 0 radical (unpaired) electrons. The van der Waals surface area contributed by atoms with Crippen LogP contribution in [0.15, 0.2) is 42.7 Å². The van der Waals surface area contributed by atoms with Crippen molar-refractivity contribution < 1.29 is 18.0 Å². The lowest BCUT2D eigenvalue weighted by atomic mass is 9.93. The molecule has 0 N–H and O–H groups in total. The Bertz CT molecular complexity index is 883. The molecule has 0 spiro atoms. The molecule has 172 valence electrons. The molecule has 0 aliphatic carbocycles. The van der Waals surface area contributed by atoms with E-state index in [1.165, 1.54) is 6.07 Å². The number of piperazine rings is 1. The average molecular weight is 448 g/mol. The molecule has 1 atom stereocenters. The largest absolute Gasteiger partial charge is 0.417 e. The minimum atomic E-state index is -4.38. The zero-order chi connectivity index (χ0) is 22.6. The second-order valence-corrected chi connectivity index (χ2v) is 8.45. The van der Waals surface area contributed by atoms with Gasteiger partial charge in [0.05, 0.1) is 5.56 Å². The van der Waals surface area contributed by atoms with Crippen molar-refractivity contribution in [2.24, 2.45) is 5.92 Å². The molecule has 0 bridgehead atoms. The number of nitrogens with zero attached hydrogens (tertiary/aromatic N) is 5. The van der Waals surface area contributed by atoms with E-state index in [4.69, 9.17) is 0 Å². The van der Waals surface area contributed by atoms with Gasteiger partial charge in [-0.15, -0.1) is 0 Å². The Morgan fingerprint density at radius 3 is 2.41 bits per heavy atom. The Morgan fingerprint density at radius 1 is 0.969 bits per heavy atom. The molecule has 2 saturated heterocycles. The number of anilines is 2. The number of aromatic nitrogens is 2. The van der Waals surface area contributed by atoms with E-state index in [9.17, 15) is 18.0 Å². The molecule has 9 heteroatoms. The summed E-state index contributed by atoms with van der Waals surface area (Å²) in [5.74, 6) is 2.03. The summed E-state index contributed by atoms with van der Waals surface area (Å²) in [5, 5.41) is 0. The average Bonchev–Trinajstić information content (AvgIpc) is 2.83. The molecule has 2 aliphatic heterocycles. The maximum atomic E-state index is 12.8. The van der Waals surface area contributed by atoms with E-state index in [0.29, 0.717) is 31.2 Å². The molecule has 2 aromatic heterocycles. The second kappa shape index (κ2) is 9.75. The fourth-order valence-electron chi connectivity index (χ4n) is 4.46. The van der Waals surface area contributed by atoms with Gasteiger partial charge >= 0.3 is 6.18 Å². The summed E-state index contributed by atoms with van der Waals surface area (Å²) in [6.07, 6.45) is 1.56. The highest BCUT2D eigenvalue weighted by Gasteiger charge is 2.31. The van der Waals surface area contributed by atoms with Crippen molar-refractivity contribution >= 4 is 17.5 Å². The normalized spacial score (nSPS) is 19.8. The topological polar surface area (TPSA) is 52.6 Å². The van der Waals surface area contributed by atoms with Gasteiger partial charge in [0, 0.05) is 58.1 Å². The third-order valence-electron chi connectivity index (χ3n) is 6.29. The van der Waals surface area contributed by atoms with Gasteiger partial charge in [0.2, 0.25) is 5.91 Å². The summed E-state index contributed by atoms with van der Waals surface area (Å²) >= 11 is 0. The van der Waals surface area contributed by atoms with Gasteiger partial charge in [0.25, 0.3) is 0 Å². The first kappa shape index (κ1) is 22.4. The third kappa shape index (κ3) is 5.49. The number of carbonyl (C=O) groups is 1. The molecule has 2 fully saturated rings. The van der Waals surface area contributed by atoms with Crippen LogP contribution in [-0.2, 0) is 11.0 Å². The predicted molar refractivity (Wildman–Crippen MR) is 116 cm³/mol. The number of amides is 1. The highest BCUT2D eigenvalue weighted by atomic mass is 19.4. The van der Waals surface area contributed by atoms with Crippen molar-refractivity contribution in [2.45, 2.75) is 31.9 Å². The Hall–Kier alpha value is -2.84. The van der Waals surface area contributed by atoms with Crippen molar-refractivity contribution in [1.82, 2.24) is 14.9 Å². The van der Waals surface area contributed by atoms with Gasteiger partial charge in [-0.1, -0.05) is 6.07 Å². The van der Waals surface area contributed by atoms with Crippen LogP contribution in [0.4, 0.5) is 24.8 Å². The van der Waals surface area contributed by atoms with Crippen molar-refractivity contribution in [3.63, 3.8) is 0 Å². The summed E-state index contributed by atoms with van der Waals surface area (Å²) in [6.45, 7) is 4.44. The van der Waals surface area contributed by atoms with Crippen LogP contribution in [0.2, 0.25) is 0 Å². The molecule has 2 aliphatic rings. The Balaban J connectivity index is 1.24. The van der Waals surface area contributed by atoms with E-state index < -0.39 is 11.7 Å². The van der Waals surface area contributed by atoms with Crippen LogP contribution in [0.5, 0.6) is 0 Å². The molecular weight excluding hydrogens is 419 g/mol. The van der Waals surface area contributed by atoms with Crippen LogP contribution in [-0.4, -0.2) is 60.0 Å². The quantitative estimate of drug-likeness (QED) is 0.697. The first-order valence-electron chi connectivity index (χ1n) is 11.1.